The van der Waals surface area contributed by atoms with Crippen LogP contribution in [0.25, 0.3) is 0 Å². The molecule has 0 aliphatic rings. The standard InChI is InChI=1S/C18H25NO2SSi/c1-6-7-8-9-14-19(15-16-23(3,4)5)22(20,21)18-12-10-17(2)11-13-18/h6-8,10-13H,1,9,14H2,2-5H3/b8-7+. The number of hydrogen-bond acceptors (Lipinski definition) is 2. The Bertz CT molecular complexity index is 717. The second-order valence-electron chi connectivity index (χ2n) is 6.33. The van der Waals surface area contributed by atoms with Gasteiger partial charge in [0.25, 0.3) is 10.0 Å². The Morgan fingerprint density at radius 1 is 1.22 bits per heavy atom. The van der Waals surface area contributed by atoms with Crippen LogP contribution in [-0.4, -0.2) is 27.3 Å². The zero-order valence-corrected chi connectivity index (χ0v) is 16.2. The molecule has 0 spiro atoms. The van der Waals surface area contributed by atoms with Crippen molar-refractivity contribution in [3.05, 3.63) is 54.6 Å². The molecule has 0 saturated heterocycles. The fraction of sp³-hybridized carbons (Fsp3) is 0.333. The number of nitrogens with zero attached hydrogens (tertiary/aromatic N) is 1. The summed E-state index contributed by atoms with van der Waals surface area (Å²) in [6.07, 6.45) is 5.97. The Labute approximate surface area is 141 Å². The lowest BCUT2D eigenvalue weighted by Gasteiger charge is -2.18. The summed E-state index contributed by atoms with van der Waals surface area (Å²) in [6.45, 7) is 12.1. The first-order chi connectivity index (χ1) is 10.7. The molecule has 23 heavy (non-hydrogen) atoms. The Kier molecular flexibility index (Phi) is 6.86. The van der Waals surface area contributed by atoms with Gasteiger partial charge in [-0.1, -0.05) is 62.1 Å². The lowest BCUT2D eigenvalue weighted by Crippen LogP contribution is -2.29. The van der Waals surface area contributed by atoms with E-state index in [0.29, 0.717) is 13.0 Å². The summed E-state index contributed by atoms with van der Waals surface area (Å²) < 4.78 is 26.9. The Morgan fingerprint density at radius 2 is 1.83 bits per heavy atom. The maximum atomic E-state index is 12.8. The molecule has 0 saturated carbocycles. The molecule has 5 heteroatoms. The lowest BCUT2D eigenvalue weighted by atomic mass is 10.2. The first kappa shape index (κ1) is 19.3. The molecule has 0 aliphatic heterocycles. The molecule has 1 rings (SSSR count). The number of hydrogen-bond donors (Lipinski definition) is 0. The van der Waals surface area contributed by atoms with Gasteiger partial charge in [0, 0.05) is 12.6 Å². The van der Waals surface area contributed by atoms with E-state index in [0.717, 1.165) is 5.56 Å². The molecule has 0 heterocycles. The Morgan fingerprint density at radius 3 is 2.35 bits per heavy atom. The molecule has 0 atom stereocenters. The maximum Gasteiger partial charge on any atom is 0.270 e. The van der Waals surface area contributed by atoms with E-state index in [-0.39, 0.29) is 4.90 Å². The first-order valence-electron chi connectivity index (χ1n) is 7.56. The van der Waals surface area contributed by atoms with Crippen LogP contribution >= 0.6 is 0 Å². The van der Waals surface area contributed by atoms with Crippen molar-refractivity contribution in [3.8, 4) is 11.6 Å². The van der Waals surface area contributed by atoms with Crippen LogP contribution in [-0.2, 0) is 10.0 Å². The zero-order valence-electron chi connectivity index (χ0n) is 14.3. The van der Waals surface area contributed by atoms with Gasteiger partial charge in [-0.05, 0) is 25.5 Å². The number of allylic oxidation sites excluding steroid dienone is 2. The number of rotatable bonds is 6. The zero-order chi connectivity index (χ0) is 17.5. The maximum absolute atomic E-state index is 12.8. The van der Waals surface area contributed by atoms with Gasteiger partial charge >= 0.3 is 0 Å². The van der Waals surface area contributed by atoms with Gasteiger partial charge in [-0.15, -0.1) is 5.54 Å². The van der Waals surface area contributed by atoms with Crippen LogP contribution in [0.15, 0.2) is 54.0 Å². The summed E-state index contributed by atoms with van der Waals surface area (Å²) in [5, 5.41) is 0. The molecular weight excluding hydrogens is 322 g/mol. The van der Waals surface area contributed by atoms with Crippen LogP contribution in [0.4, 0.5) is 0 Å². The van der Waals surface area contributed by atoms with E-state index in [1.165, 1.54) is 4.31 Å². The lowest BCUT2D eigenvalue weighted by molar-refractivity contribution is 0.514. The van der Waals surface area contributed by atoms with E-state index in [1.807, 2.05) is 19.1 Å². The number of aryl methyl sites for hydroxylation is 1. The highest BCUT2D eigenvalue weighted by Crippen LogP contribution is 2.16. The van der Waals surface area contributed by atoms with Crippen LogP contribution in [0.1, 0.15) is 12.0 Å². The van der Waals surface area contributed by atoms with Gasteiger partial charge in [0.2, 0.25) is 0 Å². The topological polar surface area (TPSA) is 37.4 Å². The second-order valence-corrected chi connectivity index (χ2v) is 12.9. The van der Waals surface area contributed by atoms with E-state index < -0.39 is 18.1 Å². The summed E-state index contributed by atoms with van der Waals surface area (Å²) in [7, 11) is -5.27. The molecule has 1 aromatic carbocycles. The molecule has 0 N–H and O–H groups in total. The van der Waals surface area contributed by atoms with Gasteiger partial charge in [-0.25, -0.2) is 12.7 Å². The minimum absolute atomic E-state index is 0.278. The smallest absolute Gasteiger partial charge is 0.225 e. The number of benzene rings is 1. The van der Waals surface area contributed by atoms with Crippen LogP contribution in [0.5, 0.6) is 0 Å². The van der Waals surface area contributed by atoms with Crippen molar-refractivity contribution in [3.63, 3.8) is 0 Å². The molecule has 3 nitrogen and oxygen atoms in total. The number of sulfonamides is 1. The Hall–Kier alpha value is -1.77. The molecule has 0 radical (unpaired) electrons. The molecular formula is C18H25NO2SSi. The molecule has 0 unspecified atom stereocenters. The Balaban J connectivity index is 3.14. The van der Waals surface area contributed by atoms with E-state index in [9.17, 15) is 8.42 Å². The van der Waals surface area contributed by atoms with Crippen LogP contribution in [0, 0.1) is 18.5 Å². The highest BCUT2D eigenvalue weighted by molar-refractivity contribution is 7.89. The minimum Gasteiger partial charge on any atom is -0.225 e. The predicted octanol–water partition coefficient (Wildman–Crippen LogP) is 3.96. The SMILES string of the molecule is C=C/C=C/CCN(C#C[Si](C)(C)C)S(=O)(=O)c1ccc(C)cc1. The van der Waals surface area contributed by atoms with Gasteiger partial charge in [0.05, 0.1) is 4.90 Å². The highest BCUT2D eigenvalue weighted by Gasteiger charge is 2.22. The van der Waals surface area contributed by atoms with Crippen LogP contribution in [0.2, 0.25) is 19.6 Å². The van der Waals surface area contributed by atoms with Crippen molar-refractivity contribution in [2.75, 3.05) is 6.54 Å². The second kappa shape index (κ2) is 8.18. The fourth-order valence-electron chi connectivity index (χ4n) is 1.69. The third-order valence-corrected chi connectivity index (χ3v) is 5.52. The van der Waals surface area contributed by atoms with Gasteiger partial charge in [-0.3, -0.25) is 0 Å². The summed E-state index contributed by atoms with van der Waals surface area (Å²) in [5.41, 5.74) is 4.17. The third kappa shape index (κ3) is 6.47. The van der Waals surface area contributed by atoms with Crippen molar-refractivity contribution >= 4 is 18.1 Å². The van der Waals surface area contributed by atoms with E-state index >= 15 is 0 Å². The quantitative estimate of drug-likeness (QED) is 0.338. The molecule has 0 aromatic heterocycles. The van der Waals surface area contributed by atoms with Crippen molar-refractivity contribution in [2.24, 2.45) is 0 Å². The first-order valence-corrected chi connectivity index (χ1v) is 12.5. The summed E-state index contributed by atoms with van der Waals surface area (Å²) in [5.74, 6) is 0. The average Bonchev–Trinajstić information content (AvgIpc) is 2.45. The summed E-state index contributed by atoms with van der Waals surface area (Å²) >= 11 is 0. The summed E-state index contributed by atoms with van der Waals surface area (Å²) in [4.78, 5) is 0.278. The fourth-order valence-corrected chi connectivity index (χ4v) is 3.49. The predicted molar refractivity (Wildman–Crippen MR) is 100 cm³/mol. The third-order valence-electron chi connectivity index (χ3n) is 2.94. The van der Waals surface area contributed by atoms with Gasteiger partial charge < -0.3 is 0 Å². The molecule has 1 aromatic rings. The van der Waals surface area contributed by atoms with E-state index in [2.05, 4.69) is 37.8 Å². The highest BCUT2D eigenvalue weighted by atomic mass is 32.2. The molecule has 0 amide bonds. The van der Waals surface area contributed by atoms with E-state index in [1.54, 1.807) is 30.3 Å². The molecule has 0 fully saturated rings. The normalized spacial score (nSPS) is 11.8. The molecule has 0 bridgehead atoms. The summed E-state index contributed by atoms with van der Waals surface area (Å²) in [6, 6.07) is 9.75. The molecule has 124 valence electrons. The average molecular weight is 348 g/mol. The van der Waals surface area contributed by atoms with Crippen molar-refractivity contribution in [1.29, 1.82) is 0 Å². The van der Waals surface area contributed by atoms with Crippen molar-refractivity contribution < 1.29 is 8.42 Å². The van der Waals surface area contributed by atoms with Crippen molar-refractivity contribution in [1.82, 2.24) is 4.31 Å². The minimum atomic E-state index is -3.61. The monoisotopic (exact) mass is 347 g/mol. The van der Waals surface area contributed by atoms with Gasteiger partial charge in [-0.2, -0.15) is 0 Å². The van der Waals surface area contributed by atoms with Gasteiger partial charge in [0.15, 0.2) is 0 Å². The largest absolute Gasteiger partial charge is 0.270 e. The molecule has 0 aliphatic carbocycles. The van der Waals surface area contributed by atoms with Crippen LogP contribution < -0.4 is 0 Å². The van der Waals surface area contributed by atoms with E-state index in [4.69, 9.17) is 0 Å². The van der Waals surface area contributed by atoms with Crippen LogP contribution in [0.3, 0.4) is 0 Å². The van der Waals surface area contributed by atoms with Gasteiger partial charge in [0.1, 0.15) is 8.07 Å². The van der Waals surface area contributed by atoms with Crippen molar-refractivity contribution in [2.45, 2.75) is 37.9 Å².